The van der Waals surface area contributed by atoms with E-state index >= 15 is 0 Å². The Labute approximate surface area is 178 Å². The van der Waals surface area contributed by atoms with Crippen molar-refractivity contribution in [2.45, 2.75) is 51.2 Å². The van der Waals surface area contributed by atoms with Gasteiger partial charge in [0.05, 0.1) is 23.7 Å². The van der Waals surface area contributed by atoms with Gasteiger partial charge >= 0.3 is 0 Å². The van der Waals surface area contributed by atoms with Crippen molar-refractivity contribution in [2.24, 2.45) is 0 Å². The van der Waals surface area contributed by atoms with Crippen molar-refractivity contribution in [1.82, 2.24) is 14.9 Å². The second-order valence-corrected chi connectivity index (χ2v) is 8.04. The topological polar surface area (TPSA) is 53.6 Å². The summed E-state index contributed by atoms with van der Waals surface area (Å²) >= 11 is 0. The van der Waals surface area contributed by atoms with Crippen LogP contribution in [0.25, 0.3) is 0 Å². The predicted octanol–water partition coefficient (Wildman–Crippen LogP) is 5.00. The van der Waals surface area contributed by atoms with Crippen LogP contribution in [0.15, 0.2) is 78.8 Å². The number of nitrogens with one attached hydrogen (secondary N) is 1. The van der Waals surface area contributed by atoms with E-state index < -0.39 is 0 Å². The van der Waals surface area contributed by atoms with Crippen LogP contribution < -0.4 is 5.32 Å². The highest BCUT2D eigenvalue weighted by Gasteiger charge is 2.13. The molecule has 4 nitrogen and oxygen atoms in total. The van der Waals surface area contributed by atoms with Crippen molar-refractivity contribution < 1.29 is 0 Å². The molecular formula is C26H28N4. The molecule has 4 heteroatoms. The van der Waals surface area contributed by atoms with Gasteiger partial charge in [-0.1, -0.05) is 60.5 Å². The minimum absolute atomic E-state index is 0.407. The SMILES string of the molecule is N#Cc1ccc(Cn2cncc2CNC2C=C(Cc3ccccc3)CCCC2)cc1. The van der Waals surface area contributed by atoms with Crippen LogP contribution in [0.1, 0.15) is 48.1 Å². The van der Waals surface area contributed by atoms with Gasteiger partial charge in [0.2, 0.25) is 0 Å². The van der Waals surface area contributed by atoms with Crippen molar-refractivity contribution in [3.63, 3.8) is 0 Å². The standard InChI is InChI=1S/C26H28N4/c27-16-22-10-12-23(13-11-22)19-30-20-28-17-26(30)18-29-25-9-5-4-8-24(15-25)14-21-6-2-1-3-7-21/h1-3,6-7,10-13,15,17,20,25,29H,4-5,8-9,14,18-19H2. The van der Waals surface area contributed by atoms with Gasteiger partial charge in [0.15, 0.2) is 0 Å². The fraction of sp³-hybridized carbons (Fsp3) is 0.308. The summed E-state index contributed by atoms with van der Waals surface area (Å²) in [7, 11) is 0. The molecule has 4 rings (SSSR count). The van der Waals surface area contributed by atoms with E-state index in [1.165, 1.54) is 42.5 Å². The Kier molecular flexibility index (Phi) is 6.74. The summed E-state index contributed by atoms with van der Waals surface area (Å²) in [6.07, 6.45) is 12.3. The maximum absolute atomic E-state index is 8.97. The third kappa shape index (κ3) is 5.46. The smallest absolute Gasteiger partial charge is 0.0991 e. The molecule has 0 saturated carbocycles. The largest absolute Gasteiger partial charge is 0.329 e. The minimum atomic E-state index is 0.407. The number of nitrogens with zero attached hydrogens (tertiary/aromatic N) is 3. The highest BCUT2D eigenvalue weighted by atomic mass is 15.1. The van der Waals surface area contributed by atoms with E-state index in [-0.39, 0.29) is 0 Å². The van der Waals surface area contributed by atoms with Crippen LogP contribution in [0.3, 0.4) is 0 Å². The highest BCUT2D eigenvalue weighted by molar-refractivity contribution is 5.31. The Morgan fingerprint density at radius 2 is 1.87 bits per heavy atom. The van der Waals surface area contributed by atoms with Gasteiger partial charge in [0.1, 0.15) is 0 Å². The Bertz CT molecular complexity index is 1010. The Morgan fingerprint density at radius 1 is 1.03 bits per heavy atom. The molecule has 1 heterocycles. The molecule has 1 aromatic heterocycles. The summed E-state index contributed by atoms with van der Waals surface area (Å²) in [5.41, 5.74) is 5.99. The van der Waals surface area contributed by atoms with Crippen LogP contribution in [-0.4, -0.2) is 15.6 Å². The second kappa shape index (κ2) is 10.0. The van der Waals surface area contributed by atoms with Crippen LogP contribution >= 0.6 is 0 Å². The van der Waals surface area contributed by atoms with E-state index in [4.69, 9.17) is 5.26 Å². The summed E-state index contributed by atoms with van der Waals surface area (Å²) in [5, 5.41) is 12.7. The third-order valence-corrected chi connectivity index (χ3v) is 5.75. The van der Waals surface area contributed by atoms with Gasteiger partial charge in [0.25, 0.3) is 0 Å². The van der Waals surface area contributed by atoms with Gasteiger partial charge in [0, 0.05) is 25.3 Å². The summed E-state index contributed by atoms with van der Waals surface area (Å²) in [5.74, 6) is 0. The summed E-state index contributed by atoms with van der Waals surface area (Å²) in [6, 6.07) is 21.1. The predicted molar refractivity (Wildman–Crippen MR) is 120 cm³/mol. The highest BCUT2D eigenvalue weighted by Crippen LogP contribution is 2.21. The van der Waals surface area contributed by atoms with Crippen LogP contribution in [0.2, 0.25) is 0 Å². The molecule has 1 unspecified atom stereocenters. The first-order valence-electron chi connectivity index (χ1n) is 10.7. The van der Waals surface area contributed by atoms with Crippen LogP contribution in [0.4, 0.5) is 0 Å². The van der Waals surface area contributed by atoms with E-state index in [9.17, 15) is 0 Å². The molecule has 0 aliphatic heterocycles. The lowest BCUT2D eigenvalue weighted by Crippen LogP contribution is -2.27. The zero-order valence-corrected chi connectivity index (χ0v) is 17.3. The summed E-state index contributed by atoms with van der Waals surface area (Å²) in [6.45, 7) is 1.57. The van der Waals surface area contributed by atoms with Gasteiger partial charge in [-0.25, -0.2) is 4.98 Å². The Hall–Kier alpha value is -3.16. The van der Waals surface area contributed by atoms with E-state index in [0.717, 1.165) is 19.5 Å². The zero-order chi connectivity index (χ0) is 20.6. The Morgan fingerprint density at radius 3 is 2.67 bits per heavy atom. The fourth-order valence-electron chi connectivity index (χ4n) is 4.09. The average Bonchev–Trinajstić information content (AvgIpc) is 3.10. The van der Waals surface area contributed by atoms with Gasteiger partial charge < -0.3 is 9.88 Å². The molecule has 152 valence electrons. The molecule has 30 heavy (non-hydrogen) atoms. The van der Waals surface area contributed by atoms with Crippen molar-refractivity contribution in [1.29, 1.82) is 5.26 Å². The summed E-state index contributed by atoms with van der Waals surface area (Å²) in [4.78, 5) is 4.36. The molecule has 0 amide bonds. The molecule has 2 aromatic carbocycles. The van der Waals surface area contributed by atoms with Crippen molar-refractivity contribution >= 4 is 0 Å². The molecule has 1 aliphatic carbocycles. The lowest BCUT2D eigenvalue weighted by atomic mass is 10.0. The van der Waals surface area contributed by atoms with Crippen molar-refractivity contribution in [3.05, 3.63) is 101 Å². The average molecular weight is 397 g/mol. The molecule has 0 fully saturated rings. The Balaban J connectivity index is 1.38. The number of nitriles is 1. The van der Waals surface area contributed by atoms with Crippen LogP contribution in [0.5, 0.6) is 0 Å². The number of aromatic nitrogens is 2. The van der Waals surface area contributed by atoms with Gasteiger partial charge in [-0.05, 0) is 48.9 Å². The van der Waals surface area contributed by atoms with Gasteiger partial charge in [-0.2, -0.15) is 5.26 Å². The maximum Gasteiger partial charge on any atom is 0.0991 e. The molecule has 1 aliphatic rings. The number of hydrogen-bond acceptors (Lipinski definition) is 3. The zero-order valence-electron chi connectivity index (χ0n) is 17.3. The molecule has 1 N–H and O–H groups in total. The van der Waals surface area contributed by atoms with Crippen molar-refractivity contribution in [2.75, 3.05) is 0 Å². The molecule has 3 aromatic rings. The monoisotopic (exact) mass is 396 g/mol. The molecule has 0 bridgehead atoms. The van der Waals surface area contributed by atoms with Crippen LogP contribution in [0, 0.1) is 11.3 Å². The van der Waals surface area contributed by atoms with E-state index in [1.54, 1.807) is 5.57 Å². The lowest BCUT2D eigenvalue weighted by Gasteiger charge is -2.16. The lowest BCUT2D eigenvalue weighted by molar-refractivity contribution is 0.525. The maximum atomic E-state index is 8.97. The number of benzene rings is 2. The fourth-order valence-corrected chi connectivity index (χ4v) is 4.09. The quantitative estimate of drug-likeness (QED) is 0.572. The molecule has 0 radical (unpaired) electrons. The number of rotatable bonds is 7. The number of imidazole rings is 1. The summed E-state index contributed by atoms with van der Waals surface area (Å²) < 4.78 is 2.18. The van der Waals surface area contributed by atoms with Crippen molar-refractivity contribution in [3.8, 4) is 6.07 Å². The second-order valence-electron chi connectivity index (χ2n) is 8.04. The van der Waals surface area contributed by atoms with E-state index in [1.807, 2.05) is 36.8 Å². The normalized spacial score (nSPS) is 16.5. The first-order valence-corrected chi connectivity index (χ1v) is 10.7. The van der Waals surface area contributed by atoms with E-state index in [0.29, 0.717) is 11.6 Å². The third-order valence-electron chi connectivity index (χ3n) is 5.75. The molecule has 0 saturated heterocycles. The van der Waals surface area contributed by atoms with Gasteiger partial charge in [-0.3, -0.25) is 0 Å². The number of allylic oxidation sites excluding steroid dienone is 1. The van der Waals surface area contributed by atoms with Crippen LogP contribution in [-0.2, 0) is 19.5 Å². The van der Waals surface area contributed by atoms with Gasteiger partial charge in [-0.15, -0.1) is 0 Å². The molecule has 0 spiro atoms. The first kappa shape index (κ1) is 20.1. The molecular weight excluding hydrogens is 368 g/mol. The number of hydrogen-bond donors (Lipinski definition) is 1. The molecule has 1 atom stereocenters. The first-order chi connectivity index (χ1) is 14.8. The minimum Gasteiger partial charge on any atom is -0.329 e. The van der Waals surface area contributed by atoms with E-state index in [2.05, 4.69) is 57.3 Å².